The number of benzene rings is 1. The molecule has 0 aliphatic heterocycles. The van der Waals surface area contributed by atoms with Crippen LogP contribution in [-0.4, -0.2) is 62.5 Å². The standard InChI is InChI=1S/C19H28N2O4/c1-20(2)18(22)19(23)21(3)12-11-14-9-10-16(24-4)17(13-14)25-15-7-5-6-8-15/h9-10,13,15H,5-8,11-12H2,1-4H3. The van der Waals surface area contributed by atoms with Gasteiger partial charge in [-0.15, -0.1) is 0 Å². The maximum Gasteiger partial charge on any atom is 0.311 e. The largest absolute Gasteiger partial charge is 0.493 e. The van der Waals surface area contributed by atoms with Crippen LogP contribution in [0.4, 0.5) is 0 Å². The molecule has 0 spiro atoms. The van der Waals surface area contributed by atoms with Gasteiger partial charge in [-0.25, -0.2) is 0 Å². The molecule has 25 heavy (non-hydrogen) atoms. The van der Waals surface area contributed by atoms with Gasteiger partial charge in [0.15, 0.2) is 11.5 Å². The number of hydrogen-bond acceptors (Lipinski definition) is 4. The van der Waals surface area contributed by atoms with Gasteiger partial charge in [0, 0.05) is 27.7 Å². The van der Waals surface area contributed by atoms with E-state index in [2.05, 4.69) is 0 Å². The van der Waals surface area contributed by atoms with E-state index in [0.717, 1.165) is 29.9 Å². The molecule has 0 heterocycles. The molecule has 1 aliphatic rings. The maximum absolute atomic E-state index is 12.0. The molecule has 0 unspecified atom stereocenters. The van der Waals surface area contributed by atoms with Crippen molar-refractivity contribution in [1.29, 1.82) is 0 Å². The normalized spacial score (nSPS) is 14.2. The molecule has 1 aliphatic carbocycles. The Kier molecular flexibility index (Phi) is 6.67. The van der Waals surface area contributed by atoms with E-state index in [1.807, 2.05) is 18.2 Å². The second-order valence-electron chi connectivity index (χ2n) is 6.69. The summed E-state index contributed by atoms with van der Waals surface area (Å²) in [6.07, 6.45) is 5.48. The fourth-order valence-corrected chi connectivity index (χ4v) is 2.91. The first-order chi connectivity index (χ1) is 11.9. The van der Waals surface area contributed by atoms with Crippen LogP contribution in [0.15, 0.2) is 18.2 Å². The summed E-state index contributed by atoms with van der Waals surface area (Å²) in [5.74, 6) is 0.469. The molecule has 6 nitrogen and oxygen atoms in total. The van der Waals surface area contributed by atoms with Gasteiger partial charge in [-0.2, -0.15) is 0 Å². The van der Waals surface area contributed by atoms with Crippen LogP contribution in [0, 0.1) is 0 Å². The molecule has 1 saturated carbocycles. The molecule has 6 heteroatoms. The summed E-state index contributed by atoms with van der Waals surface area (Å²) in [6, 6.07) is 5.84. The van der Waals surface area contributed by atoms with Crippen molar-refractivity contribution in [2.75, 3.05) is 34.8 Å². The highest BCUT2D eigenvalue weighted by atomic mass is 16.5. The number of ether oxygens (including phenoxy) is 2. The van der Waals surface area contributed by atoms with Crippen LogP contribution in [0.3, 0.4) is 0 Å². The van der Waals surface area contributed by atoms with Crippen molar-refractivity contribution in [3.8, 4) is 11.5 Å². The van der Waals surface area contributed by atoms with E-state index in [-0.39, 0.29) is 6.10 Å². The maximum atomic E-state index is 12.0. The third kappa shape index (κ3) is 5.11. The van der Waals surface area contributed by atoms with Crippen LogP contribution in [0.2, 0.25) is 0 Å². The smallest absolute Gasteiger partial charge is 0.311 e. The van der Waals surface area contributed by atoms with E-state index in [1.54, 1.807) is 28.3 Å². The van der Waals surface area contributed by atoms with E-state index in [0.29, 0.717) is 13.0 Å². The fourth-order valence-electron chi connectivity index (χ4n) is 2.91. The van der Waals surface area contributed by atoms with Crippen LogP contribution in [0.25, 0.3) is 0 Å². The molecule has 1 aromatic rings. The lowest BCUT2D eigenvalue weighted by Gasteiger charge is -2.20. The summed E-state index contributed by atoms with van der Waals surface area (Å²) in [7, 11) is 6.42. The molecular weight excluding hydrogens is 320 g/mol. The summed E-state index contributed by atoms with van der Waals surface area (Å²) < 4.78 is 11.5. The predicted octanol–water partition coefficient (Wildman–Crippen LogP) is 2.11. The van der Waals surface area contributed by atoms with Crippen LogP contribution < -0.4 is 9.47 Å². The van der Waals surface area contributed by atoms with Gasteiger partial charge < -0.3 is 19.3 Å². The number of likely N-dealkylation sites (N-methyl/N-ethyl adjacent to an activating group) is 2. The van der Waals surface area contributed by atoms with Crippen LogP contribution in [0.1, 0.15) is 31.2 Å². The molecule has 2 rings (SSSR count). The number of nitrogens with zero attached hydrogens (tertiary/aromatic N) is 2. The Morgan fingerprint density at radius 1 is 1.08 bits per heavy atom. The van der Waals surface area contributed by atoms with Crippen molar-refractivity contribution in [3.05, 3.63) is 23.8 Å². The zero-order valence-electron chi connectivity index (χ0n) is 15.6. The van der Waals surface area contributed by atoms with Gasteiger partial charge in [0.25, 0.3) is 0 Å². The summed E-state index contributed by atoms with van der Waals surface area (Å²) in [5, 5.41) is 0. The van der Waals surface area contributed by atoms with Gasteiger partial charge in [0.1, 0.15) is 0 Å². The lowest BCUT2D eigenvalue weighted by Crippen LogP contribution is -2.41. The predicted molar refractivity (Wildman–Crippen MR) is 95.9 cm³/mol. The number of amides is 2. The number of carbonyl (C=O) groups excluding carboxylic acids is 2. The molecule has 0 radical (unpaired) electrons. The Morgan fingerprint density at radius 2 is 1.76 bits per heavy atom. The number of carbonyl (C=O) groups is 2. The first-order valence-corrected chi connectivity index (χ1v) is 8.72. The molecule has 1 fully saturated rings. The van der Waals surface area contributed by atoms with E-state index in [4.69, 9.17) is 9.47 Å². The van der Waals surface area contributed by atoms with Gasteiger partial charge in [-0.05, 0) is 49.8 Å². The van der Waals surface area contributed by atoms with Crippen molar-refractivity contribution in [2.24, 2.45) is 0 Å². The first kappa shape index (κ1) is 19.1. The van der Waals surface area contributed by atoms with Crippen molar-refractivity contribution >= 4 is 11.8 Å². The Labute approximate surface area is 149 Å². The van der Waals surface area contributed by atoms with Gasteiger partial charge in [-0.3, -0.25) is 9.59 Å². The molecule has 138 valence electrons. The van der Waals surface area contributed by atoms with E-state index >= 15 is 0 Å². The second-order valence-corrected chi connectivity index (χ2v) is 6.69. The van der Waals surface area contributed by atoms with Crippen molar-refractivity contribution in [3.63, 3.8) is 0 Å². The van der Waals surface area contributed by atoms with Gasteiger partial charge >= 0.3 is 11.8 Å². The van der Waals surface area contributed by atoms with Crippen molar-refractivity contribution in [1.82, 2.24) is 9.80 Å². The van der Waals surface area contributed by atoms with E-state index in [1.165, 1.54) is 22.6 Å². The molecule has 0 N–H and O–H groups in total. The summed E-state index contributed by atoms with van der Waals surface area (Å²) >= 11 is 0. The van der Waals surface area contributed by atoms with Gasteiger partial charge in [-0.1, -0.05) is 6.07 Å². The third-order valence-electron chi connectivity index (χ3n) is 4.50. The minimum atomic E-state index is -0.512. The summed E-state index contributed by atoms with van der Waals surface area (Å²) in [5.41, 5.74) is 1.05. The lowest BCUT2D eigenvalue weighted by molar-refractivity contribution is -0.149. The average Bonchev–Trinajstić information content (AvgIpc) is 3.11. The van der Waals surface area contributed by atoms with Crippen LogP contribution >= 0.6 is 0 Å². The van der Waals surface area contributed by atoms with Crippen LogP contribution in [0.5, 0.6) is 11.5 Å². The van der Waals surface area contributed by atoms with Gasteiger partial charge in [0.05, 0.1) is 13.2 Å². The van der Waals surface area contributed by atoms with Crippen LogP contribution in [-0.2, 0) is 16.0 Å². The zero-order valence-corrected chi connectivity index (χ0v) is 15.6. The Hall–Kier alpha value is -2.24. The summed E-state index contributed by atoms with van der Waals surface area (Å²) in [6.45, 7) is 0.466. The summed E-state index contributed by atoms with van der Waals surface area (Å²) in [4.78, 5) is 26.5. The SMILES string of the molecule is COc1ccc(CCN(C)C(=O)C(=O)N(C)C)cc1OC1CCCC1. The topological polar surface area (TPSA) is 59.1 Å². The molecule has 2 amide bonds. The average molecular weight is 348 g/mol. The highest BCUT2D eigenvalue weighted by molar-refractivity contribution is 6.34. The number of hydrogen-bond donors (Lipinski definition) is 0. The third-order valence-corrected chi connectivity index (χ3v) is 4.50. The molecule has 0 bridgehead atoms. The highest BCUT2D eigenvalue weighted by Gasteiger charge is 2.21. The van der Waals surface area contributed by atoms with E-state index in [9.17, 15) is 9.59 Å². The molecule has 0 saturated heterocycles. The van der Waals surface area contributed by atoms with Crippen molar-refractivity contribution < 1.29 is 19.1 Å². The molecule has 0 atom stereocenters. The second kappa shape index (κ2) is 8.74. The Balaban J connectivity index is 1.99. The van der Waals surface area contributed by atoms with E-state index < -0.39 is 11.8 Å². The minimum Gasteiger partial charge on any atom is -0.493 e. The molecule has 1 aromatic carbocycles. The number of methoxy groups -OCH3 is 1. The van der Waals surface area contributed by atoms with Gasteiger partial charge in [0.2, 0.25) is 0 Å². The molecular formula is C19H28N2O4. The highest BCUT2D eigenvalue weighted by Crippen LogP contribution is 2.32. The minimum absolute atomic E-state index is 0.256. The molecule has 0 aromatic heterocycles. The zero-order chi connectivity index (χ0) is 18.4. The Morgan fingerprint density at radius 3 is 2.36 bits per heavy atom. The fraction of sp³-hybridized carbons (Fsp3) is 0.579. The quantitative estimate of drug-likeness (QED) is 0.739. The Bertz CT molecular complexity index is 609. The first-order valence-electron chi connectivity index (χ1n) is 8.72. The lowest BCUT2D eigenvalue weighted by atomic mass is 10.1. The van der Waals surface area contributed by atoms with Crippen molar-refractivity contribution in [2.45, 2.75) is 38.2 Å². The monoisotopic (exact) mass is 348 g/mol. The number of rotatable bonds is 6.